The first-order chi connectivity index (χ1) is 14.1. The standard InChI is InChI=1S/C24H34N2O3/c1-4-6-7-8-9-10-15-28-22-17-25-24(26-18-22)21-13-11-20(12-14-21)16-19(3)29-23(27)5-2/h11-14,17-19H,4-10,15-16H2,1-3H3. The predicted octanol–water partition coefficient (Wildman–Crippen LogP) is 5.77. The molecule has 29 heavy (non-hydrogen) atoms. The van der Waals surface area contributed by atoms with E-state index in [2.05, 4.69) is 16.9 Å². The highest BCUT2D eigenvalue weighted by atomic mass is 16.5. The van der Waals surface area contributed by atoms with E-state index in [4.69, 9.17) is 9.47 Å². The third-order valence-corrected chi connectivity index (χ3v) is 4.75. The normalized spacial score (nSPS) is 11.8. The van der Waals surface area contributed by atoms with Gasteiger partial charge in [-0.15, -0.1) is 0 Å². The van der Waals surface area contributed by atoms with Gasteiger partial charge in [-0.1, -0.05) is 70.2 Å². The number of aromatic nitrogens is 2. The van der Waals surface area contributed by atoms with Crippen molar-refractivity contribution in [1.82, 2.24) is 9.97 Å². The number of benzene rings is 1. The van der Waals surface area contributed by atoms with E-state index in [-0.39, 0.29) is 12.1 Å². The number of carbonyl (C=O) groups is 1. The quantitative estimate of drug-likeness (QED) is 0.317. The molecule has 0 aliphatic carbocycles. The Balaban J connectivity index is 1.78. The first-order valence-electron chi connectivity index (χ1n) is 10.9. The zero-order valence-corrected chi connectivity index (χ0v) is 18.0. The Morgan fingerprint density at radius 3 is 2.28 bits per heavy atom. The van der Waals surface area contributed by atoms with Crippen LogP contribution in [0, 0.1) is 0 Å². The van der Waals surface area contributed by atoms with E-state index in [0.29, 0.717) is 31.0 Å². The van der Waals surface area contributed by atoms with Crippen molar-refractivity contribution in [3.05, 3.63) is 42.2 Å². The van der Waals surface area contributed by atoms with Gasteiger partial charge in [0, 0.05) is 18.4 Å². The second kappa shape index (κ2) is 12.9. The summed E-state index contributed by atoms with van der Waals surface area (Å²) in [5, 5.41) is 0. The highest BCUT2D eigenvalue weighted by molar-refractivity contribution is 5.69. The fraction of sp³-hybridized carbons (Fsp3) is 0.542. The monoisotopic (exact) mass is 398 g/mol. The van der Waals surface area contributed by atoms with Crippen LogP contribution in [0.3, 0.4) is 0 Å². The Hall–Kier alpha value is -2.43. The number of carbonyl (C=O) groups excluding carboxylic acids is 1. The summed E-state index contributed by atoms with van der Waals surface area (Å²) in [5.74, 6) is 1.22. The van der Waals surface area contributed by atoms with Crippen LogP contribution in [-0.4, -0.2) is 28.6 Å². The first-order valence-corrected chi connectivity index (χ1v) is 10.9. The van der Waals surface area contributed by atoms with Crippen molar-refractivity contribution in [3.8, 4) is 17.1 Å². The van der Waals surface area contributed by atoms with Gasteiger partial charge in [0.2, 0.25) is 0 Å². The van der Waals surface area contributed by atoms with Gasteiger partial charge >= 0.3 is 5.97 Å². The van der Waals surface area contributed by atoms with Gasteiger partial charge in [0.15, 0.2) is 11.6 Å². The number of esters is 1. The SMILES string of the molecule is CCCCCCCCOc1cnc(-c2ccc(CC(C)OC(=O)CC)cc2)nc1. The predicted molar refractivity (Wildman–Crippen MR) is 116 cm³/mol. The van der Waals surface area contributed by atoms with Crippen molar-refractivity contribution in [2.45, 2.75) is 78.2 Å². The molecule has 0 amide bonds. The number of ether oxygens (including phenoxy) is 2. The molecule has 1 atom stereocenters. The zero-order chi connectivity index (χ0) is 20.9. The van der Waals surface area contributed by atoms with Crippen LogP contribution >= 0.6 is 0 Å². The highest BCUT2D eigenvalue weighted by Crippen LogP contribution is 2.18. The maximum Gasteiger partial charge on any atom is 0.305 e. The van der Waals surface area contributed by atoms with Gasteiger partial charge in [-0.3, -0.25) is 4.79 Å². The molecule has 0 fully saturated rings. The minimum Gasteiger partial charge on any atom is -0.490 e. The molecule has 2 rings (SSSR count). The highest BCUT2D eigenvalue weighted by Gasteiger charge is 2.09. The van der Waals surface area contributed by atoms with Crippen molar-refractivity contribution >= 4 is 5.97 Å². The Morgan fingerprint density at radius 2 is 1.62 bits per heavy atom. The molecule has 0 spiro atoms. The number of hydrogen-bond donors (Lipinski definition) is 0. The van der Waals surface area contributed by atoms with Crippen LogP contribution in [0.1, 0.15) is 71.3 Å². The van der Waals surface area contributed by atoms with E-state index in [1.807, 2.05) is 31.2 Å². The lowest BCUT2D eigenvalue weighted by Crippen LogP contribution is -2.16. The molecule has 0 radical (unpaired) electrons. The molecule has 1 aromatic carbocycles. The van der Waals surface area contributed by atoms with E-state index in [1.54, 1.807) is 19.3 Å². The van der Waals surface area contributed by atoms with Crippen molar-refractivity contribution in [2.75, 3.05) is 6.61 Å². The summed E-state index contributed by atoms with van der Waals surface area (Å²) in [6, 6.07) is 8.04. The van der Waals surface area contributed by atoms with E-state index >= 15 is 0 Å². The molecule has 158 valence electrons. The summed E-state index contributed by atoms with van der Waals surface area (Å²) in [4.78, 5) is 20.2. The van der Waals surface area contributed by atoms with Gasteiger partial charge in [-0.2, -0.15) is 0 Å². The Bertz CT molecular complexity index is 714. The second-order valence-corrected chi connectivity index (χ2v) is 7.41. The van der Waals surface area contributed by atoms with Crippen LogP contribution in [0.15, 0.2) is 36.7 Å². The van der Waals surface area contributed by atoms with Gasteiger partial charge in [0.05, 0.1) is 19.0 Å². The number of unbranched alkanes of at least 4 members (excludes halogenated alkanes) is 5. The largest absolute Gasteiger partial charge is 0.490 e. The van der Waals surface area contributed by atoms with Crippen LogP contribution in [0.25, 0.3) is 11.4 Å². The lowest BCUT2D eigenvalue weighted by atomic mass is 10.1. The van der Waals surface area contributed by atoms with Crippen molar-refractivity contribution < 1.29 is 14.3 Å². The second-order valence-electron chi connectivity index (χ2n) is 7.41. The van der Waals surface area contributed by atoms with Gasteiger partial charge in [0.1, 0.15) is 6.10 Å². The van der Waals surface area contributed by atoms with Crippen molar-refractivity contribution in [1.29, 1.82) is 0 Å². The molecule has 0 N–H and O–H groups in total. The van der Waals surface area contributed by atoms with Crippen LogP contribution in [0.5, 0.6) is 5.75 Å². The third-order valence-electron chi connectivity index (χ3n) is 4.75. The molecular weight excluding hydrogens is 364 g/mol. The van der Waals surface area contributed by atoms with Crippen molar-refractivity contribution in [3.63, 3.8) is 0 Å². The number of rotatable bonds is 13. The summed E-state index contributed by atoms with van der Waals surface area (Å²) in [5.41, 5.74) is 2.07. The molecule has 1 unspecified atom stereocenters. The van der Waals surface area contributed by atoms with E-state index in [0.717, 1.165) is 17.5 Å². The lowest BCUT2D eigenvalue weighted by Gasteiger charge is -2.13. The number of hydrogen-bond acceptors (Lipinski definition) is 5. The molecule has 1 aromatic heterocycles. The van der Waals surface area contributed by atoms with E-state index < -0.39 is 0 Å². The topological polar surface area (TPSA) is 61.3 Å². The average molecular weight is 399 g/mol. The van der Waals surface area contributed by atoms with Gasteiger partial charge in [0.25, 0.3) is 0 Å². The smallest absolute Gasteiger partial charge is 0.305 e. The Kier molecular flexibility index (Phi) is 10.2. The fourth-order valence-electron chi connectivity index (χ4n) is 3.08. The summed E-state index contributed by atoms with van der Waals surface area (Å²) < 4.78 is 11.1. The van der Waals surface area contributed by atoms with Crippen LogP contribution in [0.4, 0.5) is 0 Å². The maximum atomic E-state index is 11.4. The molecular formula is C24H34N2O3. The van der Waals surface area contributed by atoms with Crippen molar-refractivity contribution in [2.24, 2.45) is 0 Å². The summed E-state index contributed by atoms with van der Waals surface area (Å²) >= 11 is 0. The van der Waals surface area contributed by atoms with Crippen LogP contribution < -0.4 is 4.74 Å². The third kappa shape index (κ3) is 8.63. The summed E-state index contributed by atoms with van der Waals surface area (Å²) in [7, 11) is 0. The van der Waals surface area contributed by atoms with E-state index in [1.165, 1.54) is 32.1 Å². The van der Waals surface area contributed by atoms with Crippen LogP contribution in [0.2, 0.25) is 0 Å². The Morgan fingerprint density at radius 1 is 0.966 bits per heavy atom. The minimum absolute atomic E-state index is 0.132. The zero-order valence-electron chi connectivity index (χ0n) is 18.0. The van der Waals surface area contributed by atoms with Gasteiger partial charge < -0.3 is 9.47 Å². The number of nitrogens with zero attached hydrogens (tertiary/aromatic N) is 2. The molecule has 0 bridgehead atoms. The fourth-order valence-corrected chi connectivity index (χ4v) is 3.08. The molecule has 5 heteroatoms. The minimum atomic E-state index is -0.165. The molecule has 0 aliphatic rings. The molecule has 1 heterocycles. The Labute approximate surface area is 174 Å². The average Bonchev–Trinajstić information content (AvgIpc) is 2.74. The lowest BCUT2D eigenvalue weighted by molar-refractivity contribution is -0.147. The molecule has 0 saturated heterocycles. The van der Waals surface area contributed by atoms with Gasteiger partial charge in [-0.05, 0) is 18.9 Å². The summed E-state index contributed by atoms with van der Waals surface area (Å²) in [6.07, 6.45) is 11.9. The molecule has 2 aromatic rings. The molecule has 0 aliphatic heterocycles. The molecule has 0 saturated carbocycles. The first kappa shape index (κ1) is 22.9. The summed E-state index contributed by atoms with van der Waals surface area (Å²) in [6.45, 7) is 6.65. The van der Waals surface area contributed by atoms with Gasteiger partial charge in [-0.25, -0.2) is 9.97 Å². The maximum absolute atomic E-state index is 11.4. The van der Waals surface area contributed by atoms with E-state index in [9.17, 15) is 4.79 Å². The van der Waals surface area contributed by atoms with Crippen LogP contribution in [-0.2, 0) is 16.0 Å². The molecule has 5 nitrogen and oxygen atoms in total.